The van der Waals surface area contributed by atoms with Gasteiger partial charge in [0.05, 0.1) is 0 Å². The molecule has 0 bridgehead atoms. The minimum atomic E-state index is -0.671. The summed E-state index contributed by atoms with van der Waals surface area (Å²) in [6, 6.07) is 7.39. The summed E-state index contributed by atoms with van der Waals surface area (Å²) in [5, 5.41) is 0. The van der Waals surface area contributed by atoms with E-state index >= 15 is 0 Å². The van der Waals surface area contributed by atoms with Crippen LogP contribution in [0.15, 0.2) is 24.3 Å². The maximum absolute atomic E-state index is 11.1. The highest BCUT2D eigenvalue weighted by atomic mass is 17.2. The number of hydrogen-bond acceptors (Lipinski definition) is 4. The largest absolute Gasteiger partial charge is 0.336 e. The molecule has 14 heavy (non-hydrogen) atoms. The van der Waals surface area contributed by atoms with Crippen molar-refractivity contribution in [2.75, 3.05) is 0 Å². The Labute approximate surface area is 80.7 Å². The molecule has 0 fully saturated rings. The van der Waals surface area contributed by atoms with Crippen LogP contribution in [0.3, 0.4) is 0 Å². The Morgan fingerprint density at radius 1 is 1.50 bits per heavy atom. The second kappa shape index (κ2) is 3.65. The number of hydrazine groups is 1. The second-order valence-corrected chi connectivity index (χ2v) is 2.99. The van der Waals surface area contributed by atoms with Gasteiger partial charge in [0.1, 0.15) is 0 Å². The quantitative estimate of drug-likeness (QED) is 0.283. The first-order chi connectivity index (χ1) is 6.81. The van der Waals surface area contributed by atoms with Crippen LogP contribution < -0.4 is 16.2 Å². The maximum Gasteiger partial charge on any atom is 0.267 e. The fourth-order valence-electron chi connectivity index (χ4n) is 1.33. The molecule has 1 aromatic carbocycles. The van der Waals surface area contributed by atoms with E-state index < -0.39 is 6.10 Å². The van der Waals surface area contributed by atoms with Crippen LogP contribution in [-0.4, -0.2) is 12.0 Å². The smallest absolute Gasteiger partial charge is 0.267 e. The van der Waals surface area contributed by atoms with Gasteiger partial charge in [-0.15, -0.1) is 0 Å². The molecule has 0 saturated heterocycles. The predicted octanol–water partition coefficient (Wildman–Crippen LogP) is -0.0884. The fourth-order valence-corrected chi connectivity index (χ4v) is 1.33. The van der Waals surface area contributed by atoms with E-state index in [1.165, 1.54) is 0 Å². The van der Waals surface area contributed by atoms with Gasteiger partial charge in [-0.25, -0.2) is 5.84 Å². The fraction of sp³-hybridized carbons (Fsp3) is 0.222. The summed E-state index contributed by atoms with van der Waals surface area (Å²) in [5.74, 6) is 5.25. The number of nitrogens with two attached hydrogens (primary N) is 1. The summed E-state index contributed by atoms with van der Waals surface area (Å²) in [7, 11) is 0. The molecule has 0 aromatic heterocycles. The monoisotopic (exact) mass is 194 g/mol. The van der Waals surface area contributed by atoms with Crippen LogP contribution in [-0.2, 0) is 16.1 Å². The third-order valence-electron chi connectivity index (χ3n) is 2.07. The van der Waals surface area contributed by atoms with Crippen molar-refractivity contribution in [1.29, 1.82) is 0 Å². The van der Waals surface area contributed by atoms with Gasteiger partial charge in [-0.2, -0.15) is 4.89 Å². The molecule has 74 valence electrons. The van der Waals surface area contributed by atoms with E-state index in [2.05, 4.69) is 0 Å². The molecule has 1 aliphatic rings. The van der Waals surface area contributed by atoms with E-state index in [1.54, 1.807) is 6.07 Å². The average molecular weight is 194 g/mol. The van der Waals surface area contributed by atoms with Crippen LogP contribution in [0.4, 0.5) is 0 Å². The van der Waals surface area contributed by atoms with Crippen LogP contribution in [0.5, 0.6) is 5.75 Å². The topological polar surface area (TPSA) is 73.6 Å². The van der Waals surface area contributed by atoms with Crippen molar-refractivity contribution in [3.63, 3.8) is 0 Å². The Kier molecular flexibility index (Phi) is 2.34. The van der Waals surface area contributed by atoms with E-state index in [4.69, 9.17) is 15.6 Å². The summed E-state index contributed by atoms with van der Waals surface area (Å²) in [6.45, 7) is 0. The number of fused-ring (bicyclic) bond motifs is 1. The Morgan fingerprint density at radius 2 is 2.29 bits per heavy atom. The molecule has 0 spiro atoms. The van der Waals surface area contributed by atoms with Crippen molar-refractivity contribution >= 4 is 5.91 Å². The zero-order valence-corrected chi connectivity index (χ0v) is 7.40. The van der Waals surface area contributed by atoms with Gasteiger partial charge in [0, 0.05) is 12.0 Å². The highest BCUT2D eigenvalue weighted by Gasteiger charge is 2.26. The van der Waals surface area contributed by atoms with E-state index in [1.807, 2.05) is 23.6 Å². The lowest BCUT2D eigenvalue weighted by molar-refractivity contribution is -0.249. The normalized spacial score (nSPS) is 19.4. The molecular weight excluding hydrogens is 184 g/mol. The molecular formula is C9H10N2O3. The SMILES string of the molecule is NNC(=O)C1Cc2ccccc2OO1. The third-order valence-corrected chi connectivity index (χ3v) is 2.07. The van der Waals surface area contributed by atoms with Crippen LogP contribution >= 0.6 is 0 Å². The average Bonchev–Trinajstić information content (AvgIpc) is 2.27. The number of carbonyl (C=O) groups excluding carboxylic acids is 1. The molecule has 0 aliphatic carbocycles. The molecule has 3 N–H and O–H groups in total. The third kappa shape index (κ3) is 1.55. The van der Waals surface area contributed by atoms with Crippen LogP contribution in [0.2, 0.25) is 0 Å². The van der Waals surface area contributed by atoms with E-state index in [-0.39, 0.29) is 5.91 Å². The Hall–Kier alpha value is -1.59. The van der Waals surface area contributed by atoms with Gasteiger partial charge in [-0.05, 0) is 6.07 Å². The molecule has 0 saturated carbocycles. The van der Waals surface area contributed by atoms with Gasteiger partial charge in [-0.1, -0.05) is 18.2 Å². The van der Waals surface area contributed by atoms with Crippen LogP contribution in [0.1, 0.15) is 5.56 Å². The maximum atomic E-state index is 11.1. The van der Waals surface area contributed by atoms with Crippen molar-refractivity contribution in [1.82, 2.24) is 5.43 Å². The lowest BCUT2D eigenvalue weighted by Gasteiger charge is -2.21. The summed E-state index contributed by atoms with van der Waals surface area (Å²) in [4.78, 5) is 20.9. The first-order valence-electron chi connectivity index (χ1n) is 4.23. The Morgan fingerprint density at radius 3 is 3.07 bits per heavy atom. The number of nitrogens with one attached hydrogen (secondary N) is 1. The van der Waals surface area contributed by atoms with Crippen LogP contribution in [0, 0.1) is 0 Å². The Balaban J connectivity index is 2.17. The summed E-state index contributed by atoms with van der Waals surface area (Å²) in [6.07, 6.45) is -0.200. The van der Waals surface area contributed by atoms with E-state index in [0.29, 0.717) is 12.2 Å². The summed E-state index contributed by atoms with van der Waals surface area (Å²) >= 11 is 0. The van der Waals surface area contributed by atoms with Gasteiger partial charge in [0.25, 0.3) is 5.91 Å². The molecule has 1 atom stereocenters. The number of para-hydroxylation sites is 1. The molecule has 2 rings (SSSR count). The van der Waals surface area contributed by atoms with E-state index in [9.17, 15) is 4.79 Å². The first-order valence-corrected chi connectivity index (χ1v) is 4.23. The first kappa shape index (κ1) is 8.98. The number of benzene rings is 1. The molecule has 1 aliphatic heterocycles. The molecule has 5 nitrogen and oxygen atoms in total. The lowest BCUT2D eigenvalue weighted by Crippen LogP contribution is -2.43. The summed E-state index contributed by atoms with van der Waals surface area (Å²) < 4.78 is 0. The standard InChI is InChI=1S/C9H10N2O3/c10-11-9(12)8-5-6-3-1-2-4-7(6)13-14-8/h1-4,8H,5,10H2,(H,11,12). The molecule has 1 aromatic rings. The van der Waals surface area contributed by atoms with Gasteiger partial charge < -0.3 is 4.89 Å². The van der Waals surface area contributed by atoms with Gasteiger partial charge >= 0.3 is 0 Å². The molecule has 1 heterocycles. The molecule has 5 heteroatoms. The van der Waals surface area contributed by atoms with Crippen molar-refractivity contribution in [2.24, 2.45) is 5.84 Å². The Bertz CT molecular complexity index is 354. The minimum Gasteiger partial charge on any atom is -0.336 e. The highest BCUT2D eigenvalue weighted by molar-refractivity contribution is 5.80. The van der Waals surface area contributed by atoms with Crippen molar-refractivity contribution in [3.8, 4) is 5.75 Å². The molecule has 1 amide bonds. The van der Waals surface area contributed by atoms with Crippen molar-refractivity contribution in [3.05, 3.63) is 29.8 Å². The number of hydrogen-bond donors (Lipinski definition) is 2. The highest BCUT2D eigenvalue weighted by Crippen LogP contribution is 2.25. The summed E-state index contributed by atoms with van der Waals surface area (Å²) in [5.41, 5.74) is 2.96. The predicted molar refractivity (Wildman–Crippen MR) is 48.0 cm³/mol. The van der Waals surface area contributed by atoms with Crippen LogP contribution in [0.25, 0.3) is 0 Å². The van der Waals surface area contributed by atoms with Crippen molar-refractivity contribution in [2.45, 2.75) is 12.5 Å². The van der Waals surface area contributed by atoms with Crippen molar-refractivity contribution < 1.29 is 14.6 Å². The van der Waals surface area contributed by atoms with E-state index in [0.717, 1.165) is 5.56 Å². The van der Waals surface area contributed by atoms with Gasteiger partial charge in [-0.3, -0.25) is 10.2 Å². The minimum absolute atomic E-state index is 0.389. The lowest BCUT2D eigenvalue weighted by atomic mass is 10.1. The van der Waals surface area contributed by atoms with Gasteiger partial charge in [0.15, 0.2) is 11.9 Å². The molecule has 1 unspecified atom stereocenters. The zero-order chi connectivity index (χ0) is 9.97. The second-order valence-electron chi connectivity index (χ2n) is 2.99. The number of amides is 1. The van der Waals surface area contributed by atoms with Gasteiger partial charge in [0.2, 0.25) is 0 Å². The number of carbonyl (C=O) groups is 1. The zero-order valence-electron chi connectivity index (χ0n) is 7.40. The number of rotatable bonds is 1. The molecule has 0 radical (unpaired) electrons.